The molecule has 0 amide bonds. The average Bonchev–Trinajstić information content (AvgIpc) is 2.54. The minimum absolute atomic E-state index is 0.327. The van der Waals surface area contributed by atoms with E-state index in [1.807, 2.05) is 24.3 Å². The molecule has 4 aromatic carbocycles. The molecule has 0 radical (unpaired) electrons. The van der Waals surface area contributed by atoms with Gasteiger partial charge in [0, 0.05) is 5.56 Å². The summed E-state index contributed by atoms with van der Waals surface area (Å²) < 4.78 is 0. The van der Waals surface area contributed by atoms with Crippen LogP contribution in [0, 0.1) is 6.92 Å². The van der Waals surface area contributed by atoms with Crippen LogP contribution in [0.4, 0.5) is 0 Å². The fourth-order valence-electron chi connectivity index (χ4n) is 3.15. The Hall–Kier alpha value is -2.80. The van der Waals surface area contributed by atoms with Gasteiger partial charge in [-0.25, -0.2) is 0 Å². The van der Waals surface area contributed by atoms with Crippen molar-refractivity contribution >= 4 is 21.5 Å². The number of phenols is 1. The fraction of sp³-hybridized carbons (Fsp3) is 0.0476. The van der Waals surface area contributed by atoms with Gasteiger partial charge in [0.05, 0.1) is 0 Å². The summed E-state index contributed by atoms with van der Waals surface area (Å²) in [7, 11) is 0. The van der Waals surface area contributed by atoms with Gasteiger partial charge in [-0.3, -0.25) is 0 Å². The number of benzene rings is 4. The lowest BCUT2D eigenvalue weighted by atomic mass is 9.92. The Bertz CT molecular complexity index is 999. The lowest BCUT2D eigenvalue weighted by Gasteiger charge is -2.12. The molecule has 0 aliphatic carbocycles. The topological polar surface area (TPSA) is 20.2 Å². The van der Waals surface area contributed by atoms with Gasteiger partial charge in [0.15, 0.2) is 0 Å². The average molecular weight is 284 g/mol. The number of hydrogen-bond acceptors (Lipinski definition) is 1. The van der Waals surface area contributed by atoms with Crippen molar-refractivity contribution in [1.82, 2.24) is 0 Å². The van der Waals surface area contributed by atoms with Gasteiger partial charge in [-0.15, -0.1) is 0 Å². The molecule has 0 heterocycles. The van der Waals surface area contributed by atoms with Gasteiger partial charge in [-0.1, -0.05) is 72.3 Å². The zero-order chi connectivity index (χ0) is 15.1. The molecule has 4 rings (SSSR count). The minimum Gasteiger partial charge on any atom is -0.507 e. The summed E-state index contributed by atoms with van der Waals surface area (Å²) in [6.07, 6.45) is 0. The van der Waals surface area contributed by atoms with Crippen LogP contribution in [-0.2, 0) is 0 Å². The first kappa shape index (κ1) is 12.9. The number of aromatic hydroxyl groups is 1. The quantitative estimate of drug-likeness (QED) is 0.477. The fourth-order valence-corrected chi connectivity index (χ4v) is 3.15. The van der Waals surface area contributed by atoms with Crippen LogP contribution in [-0.4, -0.2) is 5.11 Å². The predicted octanol–water partition coefficient (Wildman–Crippen LogP) is 5.67. The molecule has 0 saturated carbocycles. The van der Waals surface area contributed by atoms with Crippen molar-refractivity contribution < 1.29 is 5.11 Å². The number of hydrogen-bond donors (Lipinski definition) is 1. The summed E-state index contributed by atoms with van der Waals surface area (Å²) in [5.74, 6) is 0.327. The van der Waals surface area contributed by atoms with Crippen LogP contribution in [0.2, 0.25) is 0 Å². The van der Waals surface area contributed by atoms with E-state index in [1.165, 1.54) is 16.3 Å². The van der Waals surface area contributed by atoms with Gasteiger partial charge in [0.2, 0.25) is 0 Å². The van der Waals surface area contributed by atoms with E-state index in [-0.39, 0.29) is 0 Å². The van der Waals surface area contributed by atoms with Gasteiger partial charge < -0.3 is 5.11 Å². The number of rotatable bonds is 1. The molecule has 0 aromatic heterocycles. The lowest BCUT2D eigenvalue weighted by molar-refractivity contribution is 0.478. The Morgan fingerprint density at radius 2 is 1.41 bits per heavy atom. The molecule has 0 bridgehead atoms. The third-order valence-corrected chi connectivity index (χ3v) is 4.21. The van der Waals surface area contributed by atoms with Gasteiger partial charge in [-0.05, 0) is 40.1 Å². The molecule has 106 valence electrons. The molecule has 0 unspecified atom stereocenters. The highest BCUT2D eigenvalue weighted by molar-refractivity contribution is 6.07. The van der Waals surface area contributed by atoms with E-state index in [0.29, 0.717) is 5.75 Å². The standard InChI is InChI=1S/C21H16O/c1-14-9-10-16-6-4-8-18(19(16)13-14)21-17-7-3-2-5-15(17)11-12-20(21)22/h2-13,22H,1H3. The van der Waals surface area contributed by atoms with Gasteiger partial charge in [-0.2, -0.15) is 0 Å². The molecule has 1 heteroatoms. The van der Waals surface area contributed by atoms with Crippen molar-refractivity contribution in [2.24, 2.45) is 0 Å². The molecular weight excluding hydrogens is 268 g/mol. The number of phenolic OH excluding ortho intramolecular Hbond substituents is 1. The van der Waals surface area contributed by atoms with E-state index in [9.17, 15) is 5.11 Å². The van der Waals surface area contributed by atoms with Crippen molar-refractivity contribution in [2.75, 3.05) is 0 Å². The molecule has 1 nitrogen and oxygen atoms in total. The molecule has 0 fully saturated rings. The van der Waals surface area contributed by atoms with E-state index < -0.39 is 0 Å². The summed E-state index contributed by atoms with van der Waals surface area (Å²) >= 11 is 0. The SMILES string of the molecule is Cc1ccc2cccc(-c3c(O)ccc4ccccc34)c2c1. The molecule has 0 spiro atoms. The molecular formula is C21H16O. The Kier molecular flexibility index (Phi) is 2.87. The molecule has 0 aliphatic rings. The maximum atomic E-state index is 10.5. The van der Waals surface area contributed by atoms with Crippen molar-refractivity contribution in [3.63, 3.8) is 0 Å². The van der Waals surface area contributed by atoms with Crippen molar-refractivity contribution in [2.45, 2.75) is 6.92 Å². The monoisotopic (exact) mass is 284 g/mol. The maximum absolute atomic E-state index is 10.5. The van der Waals surface area contributed by atoms with E-state index >= 15 is 0 Å². The van der Waals surface area contributed by atoms with Crippen LogP contribution in [0.15, 0.2) is 72.8 Å². The van der Waals surface area contributed by atoms with Crippen LogP contribution in [0.5, 0.6) is 5.75 Å². The molecule has 0 saturated heterocycles. The Labute approximate surface area is 129 Å². The number of fused-ring (bicyclic) bond motifs is 2. The summed E-state index contributed by atoms with van der Waals surface area (Å²) in [6.45, 7) is 2.10. The molecule has 4 aromatic rings. The van der Waals surface area contributed by atoms with E-state index in [0.717, 1.165) is 21.9 Å². The highest BCUT2D eigenvalue weighted by atomic mass is 16.3. The first-order chi connectivity index (χ1) is 10.7. The van der Waals surface area contributed by atoms with Crippen LogP contribution in [0.25, 0.3) is 32.7 Å². The zero-order valence-corrected chi connectivity index (χ0v) is 12.4. The Morgan fingerprint density at radius 3 is 2.32 bits per heavy atom. The summed E-state index contributed by atoms with van der Waals surface area (Å²) in [5.41, 5.74) is 3.21. The van der Waals surface area contributed by atoms with Gasteiger partial charge in [0.25, 0.3) is 0 Å². The zero-order valence-electron chi connectivity index (χ0n) is 12.4. The van der Waals surface area contributed by atoms with Crippen molar-refractivity contribution in [3.8, 4) is 16.9 Å². The second-order valence-electron chi connectivity index (χ2n) is 5.71. The Morgan fingerprint density at radius 1 is 0.682 bits per heavy atom. The summed E-state index contributed by atoms with van der Waals surface area (Å²) in [4.78, 5) is 0. The molecule has 1 N–H and O–H groups in total. The molecule has 22 heavy (non-hydrogen) atoms. The van der Waals surface area contributed by atoms with E-state index in [2.05, 4.69) is 49.4 Å². The second kappa shape index (κ2) is 4.88. The lowest BCUT2D eigenvalue weighted by Crippen LogP contribution is -1.86. The van der Waals surface area contributed by atoms with Crippen LogP contribution < -0.4 is 0 Å². The summed E-state index contributed by atoms with van der Waals surface area (Å²) in [6, 6.07) is 24.6. The van der Waals surface area contributed by atoms with Crippen molar-refractivity contribution in [3.05, 3.63) is 78.4 Å². The van der Waals surface area contributed by atoms with Gasteiger partial charge >= 0.3 is 0 Å². The highest BCUT2D eigenvalue weighted by Crippen LogP contribution is 2.39. The van der Waals surface area contributed by atoms with E-state index in [4.69, 9.17) is 0 Å². The highest BCUT2D eigenvalue weighted by Gasteiger charge is 2.12. The second-order valence-corrected chi connectivity index (χ2v) is 5.71. The first-order valence-corrected chi connectivity index (χ1v) is 7.44. The van der Waals surface area contributed by atoms with Crippen LogP contribution >= 0.6 is 0 Å². The van der Waals surface area contributed by atoms with Crippen molar-refractivity contribution in [1.29, 1.82) is 0 Å². The minimum atomic E-state index is 0.327. The third-order valence-electron chi connectivity index (χ3n) is 4.21. The van der Waals surface area contributed by atoms with Crippen LogP contribution in [0.3, 0.4) is 0 Å². The maximum Gasteiger partial charge on any atom is 0.124 e. The normalized spacial score (nSPS) is 11.1. The van der Waals surface area contributed by atoms with Crippen LogP contribution in [0.1, 0.15) is 5.56 Å². The molecule has 0 atom stereocenters. The smallest absolute Gasteiger partial charge is 0.124 e. The molecule has 0 aliphatic heterocycles. The largest absolute Gasteiger partial charge is 0.507 e. The first-order valence-electron chi connectivity index (χ1n) is 7.44. The van der Waals surface area contributed by atoms with E-state index in [1.54, 1.807) is 6.07 Å². The Balaban J connectivity index is 2.16. The summed E-state index contributed by atoms with van der Waals surface area (Å²) in [5, 5.41) is 15.1. The third kappa shape index (κ3) is 1.94. The number of aryl methyl sites for hydroxylation is 1. The predicted molar refractivity (Wildman–Crippen MR) is 93.3 cm³/mol. The van der Waals surface area contributed by atoms with Gasteiger partial charge in [0.1, 0.15) is 5.75 Å².